The predicted molar refractivity (Wildman–Crippen MR) is 74.5 cm³/mol. The summed E-state index contributed by atoms with van der Waals surface area (Å²) in [6.07, 6.45) is 0.922. The number of rotatable bonds is 6. The van der Waals surface area contributed by atoms with E-state index in [9.17, 15) is 14.9 Å². The Hall–Kier alpha value is -1.66. The SMILES string of the molecule is CCC(C)NCC(=O)Nc1ccc([N+](=O)[O-])cc1Cl. The van der Waals surface area contributed by atoms with E-state index in [2.05, 4.69) is 10.6 Å². The van der Waals surface area contributed by atoms with E-state index in [4.69, 9.17) is 11.6 Å². The first-order chi connectivity index (χ1) is 8.93. The van der Waals surface area contributed by atoms with Crippen molar-refractivity contribution < 1.29 is 9.72 Å². The number of amides is 1. The second kappa shape index (κ2) is 7.06. The van der Waals surface area contributed by atoms with E-state index in [0.29, 0.717) is 5.69 Å². The van der Waals surface area contributed by atoms with Crippen LogP contribution < -0.4 is 10.6 Å². The molecule has 1 aromatic rings. The number of nitrogens with zero attached hydrogens (tertiary/aromatic N) is 1. The van der Waals surface area contributed by atoms with Crippen molar-refractivity contribution in [3.8, 4) is 0 Å². The first-order valence-electron chi connectivity index (χ1n) is 5.91. The molecule has 0 saturated carbocycles. The monoisotopic (exact) mass is 285 g/mol. The first kappa shape index (κ1) is 15.4. The fourth-order valence-electron chi connectivity index (χ4n) is 1.32. The van der Waals surface area contributed by atoms with Gasteiger partial charge in [0.1, 0.15) is 0 Å². The molecule has 0 aliphatic carbocycles. The molecular formula is C12H16ClN3O3. The average molecular weight is 286 g/mol. The molecule has 0 fully saturated rings. The van der Waals surface area contributed by atoms with E-state index in [1.54, 1.807) is 0 Å². The van der Waals surface area contributed by atoms with Crippen molar-refractivity contribution in [2.45, 2.75) is 26.3 Å². The summed E-state index contributed by atoms with van der Waals surface area (Å²) in [5.74, 6) is -0.240. The van der Waals surface area contributed by atoms with Gasteiger partial charge >= 0.3 is 0 Å². The zero-order valence-electron chi connectivity index (χ0n) is 10.8. The molecule has 104 valence electrons. The van der Waals surface area contributed by atoms with Gasteiger partial charge in [-0.15, -0.1) is 0 Å². The van der Waals surface area contributed by atoms with Gasteiger partial charge in [0.25, 0.3) is 5.69 Å². The number of nitrogens with one attached hydrogen (secondary N) is 2. The lowest BCUT2D eigenvalue weighted by Gasteiger charge is -2.11. The molecule has 0 aromatic heterocycles. The van der Waals surface area contributed by atoms with Gasteiger partial charge in [-0.1, -0.05) is 18.5 Å². The molecule has 0 aliphatic heterocycles. The highest BCUT2D eigenvalue weighted by Gasteiger charge is 2.11. The van der Waals surface area contributed by atoms with Gasteiger partial charge in [-0.25, -0.2) is 0 Å². The lowest BCUT2D eigenvalue weighted by Crippen LogP contribution is -2.34. The van der Waals surface area contributed by atoms with E-state index in [1.807, 2.05) is 13.8 Å². The molecular weight excluding hydrogens is 270 g/mol. The molecule has 0 heterocycles. The number of non-ortho nitro benzene ring substituents is 1. The van der Waals surface area contributed by atoms with Crippen molar-refractivity contribution in [1.82, 2.24) is 5.32 Å². The Morgan fingerprint density at radius 1 is 1.53 bits per heavy atom. The fourth-order valence-corrected chi connectivity index (χ4v) is 1.55. The van der Waals surface area contributed by atoms with E-state index >= 15 is 0 Å². The minimum absolute atomic E-state index is 0.110. The van der Waals surface area contributed by atoms with Crippen LogP contribution in [0.2, 0.25) is 5.02 Å². The van der Waals surface area contributed by atoms with E-state index < -0.39 is 4.92 Å². The quantitative estimate of drug-likeness (QED) is 0.621. The smallest absolute Gasteiger partial charge is 0.271 e. The molecule has 0 radical (unpaired) electrons. The number of hydrogen-bond acceptors (Lipinski definition) is 4. The van der Waals surface area contributed by atoms with Crippen molar-refractivity contribution in [2.24, 2.45) is 0 Å². The third kappa shape index (κ3) is 4.84. The summed E-state index contributed by atoms with van der Waals surface area (Å²) in [5.41, 5.74) is 0.254. The number of benzene rings is 1. The van der Waals surface area contributed by atoms with Crippen LogP contribution in [0, 0.1) is 10.1 Å². The van der Waals surface area contributed by atoms with E-state index in [1.165, 1.54) is 18.2 Å². The lowest BCUT2D eigenvalue weighted by atomic mass is 10.2. The van der Waals surface area contributed by atoms with Crippen LogP contribution in [0.1, 0.15) is 20.3 Å². The Kier molecular flexibility index (Phi) is 5.72. The summed E-state index contributed by atoms with van der Waals surface area (Å²) >= 11 is 5.87. The normalized spacial score (nSPS) is 11.9. The Bertz CT molecular complexity index is 479. The van der Waals surface area contributed by atoms with Gasteiger partial charge in [0.2, 0.25) is 5.91 Å². The molecule has 19 heavy (non-hydrogen) atoms. The molecule has 1 atom stereocenters. The zero-order valence-corrected chi connectivity index (χ0v) is 11.5. The Morgan fingerprint density at radius 2 is 2.21 bits per heavy atom. The van der Waals surface area contributed by atoms with Gasteiger partial charge in [0.15, 0.2) is 0 Å². The van der Waals surface area contributed by atoms with E-state index in [0.717, 1.165) is 6.42 Å². The highest BCUT2D eigenvalue weighted by molar-refractivity contribution is 6.34. The van der Waals surface area contributed by atoms with Gasteiger partial charge in [0, 0.05) is 18.2 Å². The highest BCUT2D eigenvalue weighted by atomic mass is 35.5. The van der Waals surface area contributed by atoms with Crippen molar-refractivity contribution in [1.29, 1.82) is 0 Å². The molecule has 0 aliphatic rings. The number of carbonyl (C=O) groups is 1. The molecule has 0 spiro atoms. The van der Waals surface area contributed by atoms with Crippen LogP contribution in [0.15, 0.2) is 18.2 Å². The lowest BCUT2D eigenvalue weighted by molar-refractivity contribution is -0.384. The fraction of sp³-hybridized carbons (Fsp3) is 0.417. The van der Waals surface area contributed by atoms with Crippen LogP contribution >= 0.6 is 11.6 Å². The van der Waals surface area contributed by atoms with Gasteiger partial charge in [-0.05, 0) is 19.4 Å². The topological polar surface area (TPSA) is 84.3 Å². The number of hydrogen-bond donors (Lipinski definition) is 2. The molecule has 1 amide bonds. The van der Waals surface area contributed by atoms with Crippen LogP contribution in [0.5, 0.6) is 0 Å². The maximum Gasteiger partial charge on any atom is 0.271 e. The van der Waals surface area contributed by atoms with Crippen molar-refractivity contribution in [3.63, 3.8) is 0 Å². The van der Waals surface area contributed by atoms with Gasteiger partial charge in [0.05, 0.1) is 22.2 Å². The summed E-state index contributed by atoms with van der Waals surface area (Å²) in [5, 5.41) is 16.3. The summed E-state index contributed by atoms with van der Waals surface area (Å²) in [7, 11) is 0. The van der Waals surface area contributed by atoms with E-state index in [-0.39, 0.29) is 29.2 Å². The number of nitro benzene ring substituents is 1. The summed E-state index contributed by atoms with van der Waals surface area (Å²) < 4.78 is 0. The van der Waals surface area contributed by atoms with Crippen molar-refractivity contribution in [3.05, 3.63) is 33.3 Å². The van der Waals surface area contributed by atoms with Crippen LogP contribution in [-0.4, -0.2) is 23.4 Å². The largest absolute Gasteiger partial charge is 0.324 e. The maximum absolute atomic E-state index is 11.6. The van der Waals surface area contributed by atoms with Crippen LogP contribution in [0.4, 0.5) is 11.4 Å². The van der Waals surface area contributed by atoms with Crippen molar-refractivity contribution in [2.75, 3.05) is 11.9 Å². The van der Waals surface area contributed by atoms with Crippen LogP contribution in [0.25, 0.3) is 0 Å². The minimum Gasteiger partial charge on any atom is -0.324 e. The third-order valence-corrected chi connectivity index (χ3v) is 2.97. The standard InChI is InChI=1S/C12H16ClN3O3/c1-3-8(2)14-7-12(17)15-11-5-4-9(16(18)19)6-10(11)13/h4-6,8,14H,3,7H2,1-2H3,(H,15,17). The summed E-state index contributed by atoms with van der Waals surface area (Å²) in [4.78, 5) is 21.6. The molecule has 7 heteroatoms. The number of nitro groups is 1. The molecule has 1 rings (SSSR count). The molecule has 0 saturated heterocycles. The second-order valence-corrected chi connectivity index (χ2v) is 4.57. The van der Waals surface area contributed by atoms with Gasteiger partial charge in [-0.2, -0.15) is 0 Å². The second-order valence-electron chi connectivity index (χ2n) is 4.16. The molecule has 6 nitrogen and oxygen atoms in total. The zero-order chi connectivity index (χ0) is 14.4. The van der Waals surface area contributed by atoms with Gasteiger partial charge in [-0.3, -0.25) is 14.9 Å². The first-order valence-corrected chi connectivity index (χ1v) is 6.29. The molecule has 1 aromatic carbocycles. The maximum atomic E-state index is 11.6. The molecule has 1 unspecified atom stereocenters. The average Bonchev–Trinajstić information content (AvgIpc) is 2.38. The Labute approximate surface area is 116 Å². The highest BCUT2D eigenvalue weighted by Crippen LogP contribution is 2.26. The Balaban J connectivity index is 2.62. The predicted octanol–water partition coefficient (Wildman–Crippen LogP) is 2.57. The Morgan fingerprint density at radius 3 is 2.74 bits per heavy atom. The number of halogens is 1. The van der Waals surface area contributed by atoms with Crippen molar-refractivity contribution >= 4 is 28.9 Å². The van der Waals surface area contributed by atoms with Crippen LogP contribution in [-0.2, 0) is 4.79 Å². The molecule has 2 N–H and O–H groups in total. The number of carbonyl (C=O) groups excluding carboxylic acids is 1. The summed E-state index contributed by atoms with van der Waals surface area (Å²) in [6.45, 7) is 4.16. The minimum atomic E-state index is -0.540. The third-order valence-electron chi connectivity index (χ3n) is 2.66. The van der Waals surface area contributed by atoms with Gasteiger partial charge < -0.3 is 10.6 Å². The molecule has 0 bridgehead atoms. The summed E-state index contributed by atoms with van der Waals surface area (Å²) in [6, 6.07) is 4.17. The van der Waals surface area contributed by atoms with Crippen LogP contribution in [0.3, 0.4) is 0 Å². The number of anilines is 1.